The van der Waals surface area contributed by atoms with Gasteiger partial charge < -0.3 is 15.1 Å². The van der Waals surface area contributed by atoms with Crippen molar-refractivity contribution in [1.82, 2.24) is 15.1 Å². The molecule has 120 valence electrons. The molecule has 0 aliphatic carbocycles. The maximum absolute atomic E-state index is 12.5. The molecule has 0 aromatic heterocycles. The molecule has 1 saturated heterocycles. The molecule has 1 aromatic rings. The van der Waals surface area contributed by atoms with Crippen LogP contribution in [0.4, 0.5) is 0 Å². The number of carbonyl (C=O) groups is 2. The molecular weight excluding hydrogens is 322 g/mol. The Morgan fingerprint density at radius 1 is 1.36 bits per heavy atom. The van der Waals surface area contributed by atoms with Gasteiger partial charge in [-0.15, -0.1) is 11.8 Å². The van der Waals surface area contributed by atoms with E-state index in [9.17, 15) is 9.59 Å². The predicted octanol–water partition coefficient (Wildman–Crippen LogP) is 1.57. The molecule has 2 rings (SSSR count). The Morgan fingerprint density at radius 3 is 2.68 bits per heavy atom. The molecule has 0 bridgehead atoms. The molecule has 2 amide bonds. The quantitative estimate of drug-likeness (QED) is 0.845. The normalized spacial score (nSPS) is 14.8. The van der Waals surface area contributed by atoms with Gasteiger partial charge in [0.1, 0.15) is 0 Å². The average molecular weight is 342 g/mol. The van der Waals surface area contributed by atoms with Gasteiger partial charge in [0.2, 0.25) is 5.91 Å². The third kappa shape index (κ3) is 4.15. The zero-order valence-electron chi connectivity index (χ0n) is 12.8. The minimum Gasteiger partial charge on any atom is -0.339 e. The molecule has 7 heteroatoms. The third-order valence-corrected chi connectivity index (χ3v) is 4.65. The van der Waals surface area contributed by atoms with E-state index in [0.717, 1.165) is 18.0 Å². The number of likely N-dealkylation sites (N-methyl/N-ethyl adjacent to an activating group) is 1. The number of nitrogens with one attached hydrogen (secondary N) is 1. The van der Waals surface area contributed by atoms with E-state index in [-0.39, 0.29) is 18.4 Å². The van der Waals surface area contributed by atoms with E-state index in [4.69, 9.17) is 11.6 Å². The Kier molecular flexibility index (Phi) is 6.11. The lowest BCUT2D eigenvalue weighted by Crippen LogP contribution is -2.49. The molecule has 0 saturated carbocycles. The molecule has 1 aliphatic heterocycles. The lowest BCUT2D eigenvalue weighted by molar-refractivity contribution is -0.132. The summed E-state index contributed by atoms with van der Waals surface area (Å²) in [5, 5.41) is 3.60. The van der Waals surface area contributed by atoms with Crippen LogP contribution < -0.4 is 5.32 Å². The minimum absolute atomic E-state index is 0.0329. The Labute approximate surface area is 140 Å². The second kappa shape index (κ2) is 7.85. The van der Waals surface area contributed by atoms with Crippen LogP contribution in [0.2, 0.25) is 5.02 Å². The number of amides is 2. The SMILES string of the molecule is CSc1ccc(Cl)c(C(=O)N(C)CC(=O)N2CCNCC2)c1. The number of carbonyl (C=O) groups excluding carboxylic acids is 2. The smallest absolute Gasteiger partial charge is 0.255 e. The van der Waals surface area contributed by atoms with E-state index in [1.165, 1.54) is 4.90 Å². The molecule has 5 nitrogen and oxygen atoms in total. The molecule has 1 aromatic carbocycles. The number of thioether (sulfide) groups is 1. The minimum atomic E-state index is -0.232. The van der Waals surface area contributed by atoms with Gasteiger partial charge in [0, 0.05) is 38.1 Å². The number of rotatable bonds is 4. The fourth-order valence-corrected chi connectivity index (χ4v) is 2.93. The van der Waals surface area contributed by atoms with E-state index in [1.807, 2.05) is 12.3 Å². The van der Waals surface area contributed by atoms with Crippen LogP contribution in [0.25, 0.3) is 0 Å². The number of benzene rings is 1. The number of nitrogens with zero attached hydrogens (tertiary/aromatic N) is 2. The second-order valence-electron chi connectivity index (χ2n) is 5.14. The first kappa shape index (κ1) is 17.1. The fraction of sp³-hybridized carbons (Fsp3) is 0.467. The first-order chi connectivity index (χ1) is 10.5. The van der Waals surface area contributed by atoms with Crippen LogP contribution in [0, 0.1) is 0 Å². The number of halogens is 1. The van der Waals surface area contributed by atoms with Crippen molar-refractivity contribution in [2.24, 2.45) is 0 Å². The molecule has 22 heavy (non-hydrogen) atoms. The maximum atomic E-state index is 12.5. The van der Waals surface area contributed by atoms with Crippen LogP contribution in [-0.2, 0) is 4.79 Å². The van der Waals surface area contributed by atoms with Gasteiger partial charge in [-0.3, -0.25) is 9.59 Å². The third-order valence-electron chi connectivity index (χ3n) is 3.59. The standard InChI is InChI=1S/C15H20ClN3O2S/c1-18(10-14(20)19-7-5-17-6-8-19)15(21)12-9-11(22-2)3-4-13(12)16/h3-4,9,17H,5-8,10H2,1-2H3. The highest BCUT2D eigenvalue weighted by molar-refractivity contribution is 7.98. The number of piperazine rings is 1. The first-order valence-electron chi connectivity index (χ1n) is 7.10. The van der Waals surface area contributed by atoms with Gasteiger partial charge in [0.15, 0.2) is 0 Å². The molecule has 1 N–H and O–H groups in total. The van der Waals surface area contributed by atoms with Gasteiger partial charge in [-0.25, -0.2) is 0 Å². The number of hydrogen-bond donors (Lipinski definition) is 1. The summed E-state index contributed by atoms with van der Waals surface area (Å²) in [5.41, 5.74) is 0.434. The van der Waals surface area contributed by atoms with E-state index < -0.39 is 0 Å². The highest BCUT2D eigenvalue weighted by atomic mass is 35.5. The molecule has 0 unspecified atom stereocenters. The predicted molar refractivity (Wildman–Crippen MR) is 89.6 cm³/mol. The molecular formula is C15H20ClN3O2S. The Morgan fingerprint density at radius 2 is 2.05 bits per heavy atom. The molecule has 1 heterocycles. The summed E-state index contributed by atoms with van der Waals surface area (Å²) in [6.07, 6.45) is 1.94. The topological polar surface area (TPSA) is 52.7 Å². The van der Waals surface area contributed by atoms with E-state index in [0.29, 0.717) is 23.7 Å². The number of hydrogen-bond acceptors (Lipinski definition) is 4. The first-order valence-corrected chi connectivity index (χ1v) is 8.70. The molecule has 0 radical (unpaired) electrons. The average Bonchev–Trinajstić information content (AvgIpc) is 2.55. The van der Waals surface area contributed by atoms with Crippen molar-refractivity contribution >= 4 is 35.2 Å². The van der Waals surface area contributed by atoms with E-state index in [2.05, 4.69) is 5.32 Å². The monoisotopic (exact) mass is 341 g/mol. The zero-order chi connectivity index (χ0) is 16.1. The van der Waals surface area contributed by atoms with Crippen molar-refractivity contribution < 1.29 is 9.59 Å². The zero-order valence-corrected chi connectivity index (χ0v) is 14.3. The van der Waals surface area contributed by atoms with E-state index in [1.54, 1.807) is 35.8 Å². The van der Waals surface area contributed by atoms with Crippen molar-refractivity contribution in [1.29, 1.82) is 0 Å². The Hall–Kier alpha value is -1.24. The maximum Gasteiger partial charge on any atom is 0.255 e. The second-order valence-corrected chi connectivity index (χ2v) is 6.42. The van der Waals surface area contributed by atoms with Crippen molar-refractivity contribution in [3.05, 3.63) is 28.8 Å². The molecule has 1 fully saturated rings. The van der Waals surface area contributed by atoms with Gasteiger partial charge in [0.25, 0.3) is 5.91 Å². The van der Waals surface area contributed by atoms with Crippen LogP contribution in [0.5, 0.6) is 0 Å². The Balaban J connectivity index is 2.04. The van der Waals surface area contributed by atoms with Gasteiger partial charge >= 0.3 is 0 Å². The van der Waals surface area contributed by atoms with Crippen molar-refractivity contribution in [2.75, 3.05) is 46.0 Å². The van der Waals surface area contributed by atoms with Crippen LogP contribution in [0.3, 0.4) is 0 Å². The van der Waals surface area contributed by atoms with Gasteiger partial charge in [-0.1, -0.05) is 11.6 Å². The summed E-state index contributed by atoms with van der Waals surface area (Å²) in [6.45, 7) is 3.03. The fourth-order valence-electron chi connectivity index (χ4n) is 2.29. The van der Waals surface area contributed by atoms with Crippen LogP contribution in [0.1, 0.15) is 10.4 Å². The van der Waals surface area contributed by atoms with Gasteiger partial charge in [-0.05, 0) is 24.5 Å². The van der Waals surface area contributed by atoms with Crippen LogP contribution >= 0.6 is 23.4 Å². The highest BCUT2D eigenvalue weighted by Gasteiger charge is 2.22. The Bertz CT molecular complexity index is 562. The van der Waals surface area contributed by atoms with Crippen molar-refractivity contribution in [2.45, 2.75) is 4.90 Å². The summed E-state index contributed by atoms with van der Waals surface area (Å²) in [4.78, 5) is 28.9. The van der Waals surface area contributed by atoms with Crippen LogP contribution in [-0.4, -0.2) is 67.6 Å². The molecule has 0 spiro atoms. The highest BCUT2D eigenvalue weighted by Crippen LogP contribution is 2.24. The van der Waals surface area contributed by atoms with Gasteiger partial charge in [-0.2, -0.15) is 0 Å². The summed E-state index contributed by atoms with van der Waals surface area (Å²) in [7, 11) is 1.63. The van der Waals surface area contributed by atoms with Crippen molar-refractivity contribution in [3.63, 3.8) is 0 Å². The molecule has 0 atom stereocenters. The summed E-state index contributed by atoms with van der Waals surface area (Å²) in [6, 6.07) is 5.35. The van der Waals surface area contributed by atoms with E-state index >= 15 is 0 Å². The van der Waals surface area contributed by atoms with Crippen LogP contribution in [0.15, 0.2) is 23.1 Å². The molecule has 1 aliphatic rings. The largest absolute Gasteiger partial charge is 0.339 e. The lowest BCUT2D eigenvalue weighted by Gasteiger charge is -2.29. The summed E-state index contributed by atoms with van der Waals surface area (Å²) in [5.74, 6) is -0.265. The summed E-state index contributed by atoms with van der Waals surface area (Å²) >= 11 is 7.66. The summed E-state index contributed by atoms with van der Waals surface area (Å²) < 4.78 is 0. The van der Waals surface area contributed by atoms with Crippen molar-refractivity contribution in [3.8, 4) is 0 Å². The lowest BCUT2D eigenvalue weighted by atomic mass is 10.2. The van der Waals surface area contributed by atoms with Gasteiger partial charge in [0.05, 0.1) is 17.1 Å².